The van der Waals surface area contributed by atoms with Gasteiger partial charge in [-0.2, -0.15) is 4.31 Å². The van der Waals surface area contributed by atoms with Gasteiger partial charge < -0.3 is 10.1 Å². The minimum atomic E-state index is -3.81. The van der Waals surface area contributed by atoms with Gasteiger partial charge in [0.15, 0.2) is 0 Å². The lowest BCUT2D eigenvalue weighted by atomic mass is 9.96. The van der Waals surface area contributed by atoms with Crippen LogP contribution in [0.1, 0.15) is 45.4 Å². The van der Waals surface area contributed by atoms with Crippen molar-refractivity contribution in [3.05, 3.63) is 48.5 Å². The molecule has 0 atom stereocenters. The molecule has 0 spiro atoms. The Morgan fingerprint density at radius 1 is 1.00 bits per heavy atom. The molecule has 192 valence electrons. The molecule has 0 bridgehead atoms. The van der Waals surface area contributed by atoms with Crippen LogP contribution in [-0.2, 0) is 24.8 Å². The van der Waals surface area contributed by atoms with E-state index in [2.05, 4.69) is 10.0 Å². The van der Waals surface area contributed by atoms with E-state index in [0.29, 0.717) is 12.4 Å². The van der Waals surface area contributed by atoms with E-state index in [-0.39, 0.29) is 34.5 Å². The third-order valence-corrected chi connectivity index (χ3v) is 9.44. The summed E-state index contributed by atoms with van der Waals surface area (Å²) in [6, 6.07) is 12.2. The van der Waals surface area contributed by atoms with Gasteiger partial charge in [-0.25, -0.2) is 21.6 Å². The second-order valence-corrected chi connectivity index (χ2v) is 12.1. The summed E-state index contributed by atoms with van der Waals surface area (Å²) in [5.74, 6) is 0.0657. The first-order chi connectivity index (χ1) is 16.6. The average molecular weight is 524 g/mol. The van der Waals surface area contributed by atoms with E-state index < -0.39 is 26.0 Å². The first kappa shape index (κ1) is 27.1. The Labute approximate surface area is 208 Å². The van der Waals surface area contributed by atoms with Crippen molar-refractivity contribution >= 4 is 31.6 Å². The molecule has 1 fully saturated rings. The highest BCUT2D eigenvalue weighted by Crippen LogP contribution is 2.29. The molecule has 11 heteroatoms. The molecule has 1 aliphatic rings. The summed E-state index contributed by atoms with van der Waals surface area (Å²) in [7, 11) is -6.03. The van der Waals surface area contributed by atoms with Gasteiger partial charge in [0.2, 0.25) is 26.0 Å². The van der Waals surface area contributed by atoms with Gasteiger partial charge in [0.1, 0.15) is 10.6 Å². The summed E-state index contributed by atoms with van der Waals surface area (Å²) in [5, 5.41) is 2.63. The van der Waals surface area contributed by atoms with Crippen LogP contribution in [0.3, 0.4) is 0 Å². The topological polar surface area (TPSA) is 122 Å². The lowest BCUT2D eigenvalue weighted by molar-refractivity contribution is -0.116. The van der Waals surface area contributed by atoms with Gasteiger partial charge >= 0.3 is 0 Å². The fourth-order valence-corrected chi connectivity index (χ4v) is 6.66. The Balaban J connectivity index is 1.61. The van der Waals surface area contributed by atoms with Gasteiger partial charge in [-0.05, 0) is 56.2 Å². The van der Waals surface area contributed by atoms with Crippen LogP contribution in [-0.4, -0.2) is 53.3 Å². The minimum absolute atomic E-state index is 0.0244. The third kappa shape index (κ3) is 7.03. The monoisotopic (exact) mass is 523 g/mol. The molecule has 35 heavy (non-hydrogen) atoms. The van der Waals surface area contributed by atoms with Crippen molar-refractivity contribution in [2.75, 3.05) is 25.5 Å². The molecule has 0 radical (unpaired) electrons. The summed E-state index contributed by atoms with van der Waals surface area (Å²) < 4.78 is 60.6. The Hall–Kier alpha value is -2.47. The van der Waals surface area contributed by atoms with Crippen molar-refractivity contribution in [1.82, 2.24) is 9.03 Å². The van der Waals surface area contributed by atoms with E-state index in [1.807, 2.05) is 6.92 Å². The maximum absolute atomic E-state index is 13.3. The summed E-state index contributed by atoms with van der Waals surface area (Å²) >= 11 is 0. The zero-order valence-corrected chi connectivity index (χ0v) is 21.7. The van der Waals surface area contributed by atoms with E-state index in [9.17, 15) is 21.6 Å². The van der Waals surface area contributed by atoms with Gasteiger partial charge in [-0.3, -0.25) is 4.79 Å². The van der Waals surface area contributed by atoms with Crippen LogP contribution >= 0.6 is 0 Å². The second-order valence-electron chi connectivity index (χ2n) is 8.41. The Morgan fingerprint density at radius 3 is 2.31 bits per heavy atom. The van der Waals surface area contributed by atoms with Crippen LogP contribution in [0.25, 0.3) is 0 Å². The van der Waals surface area contributed by atoms with Crippen molar-refractivity contribution in [1.29, 1.82) is 0 Å². The van der Waals surface area contributed by atoms with Crippen molar-refractivity contribution in [2.24, 2.45) is 0 Å². The Bertz CT molecular complexity index is 1210. The number of ether oxygens (including phenoxy) is 1. The van der Waals surface area contributed by atoms with Crippen LogP contribution in [0.15, 0.2) is 58.3 Å². The molecule has 2 N–H and O–H groups in total. The molecular weight excluding hydrogens is 490 g/mol. The summed E-state index contributed by atoms with van der Waals surface area (Å²) in [4.78, 5) is 12.6. The van der Waals surface area contributed by atoms with Crippen molar-refractivity contribution in [3.63, 3.8) is 0 Å². The first-order valence-corrected chi connectivity index (χ1v) is 14.7. The van der Waals surface area contributed by atoms with Crippen molar-refractivity contribution in [3.8, 4) is 5.75 Å². The molecule has 9 nitrogen and oxygen atoms in total. The average Bonchev–Trinajstić information content (AvgIpc) is 2.85. The molecule has 0 heterocycles. The number of nitrogens with one attached hydrogen (secondary N) is 2. The third-order valence-electron chi connectivity index (χ3n) is 6.00. The zero-order chi connectivity index (χ0) is 25.5. The summed E-state index contributed by atoms with van der Waals surface area (Å²) in [6.45, 7) is 2.17. The van der Waals surface area contributed by atoms with E-state index in [0.717, 1.165) is 32.1 Å². The highest BCUT2D eigenvalue weighted by molar-refractivity contribution is 7.89. The van der Waals surface area contributed by atoms with Crippen LogP contribution < -0.4 is 14.8 Å². The molecule has 1 aliphatic carbocycles. The molecule has 2 aromatic rings. The fourth-order valence-electron chi connectivity index (χ4n) is 4.07. The number of anilines is 1. The van der Waals surface area contributed by atoms with E-state index in [1.165, 1.54) is 28.6 Å². The normalized spacial score (nSPS) is 15.2. The number of rotatable bonds is 11. The highest BCUT2D eigenvalue weighted by atomic mass is 32.2. The number of hydrogen-bond donors (Lipinski definition) is 2. The molecule has 0 saturated heterocycles. The van der Waals surface area contributed by atoms with E-state index in [4.69, 9.17) is 4.74 Å². The number of benzene rings is 2. The zero-order valence-electron chi connectivity index (χ0n) is 20.1. The summed E-state index contributed by atoms with van der Waals surface area (Å²) in [6.07, 6.45) is 4.57. The minimum Gasteiger partial charge on any atom is -0.494 e. The highest BCUT2D eigenvalue weighted by Gasteiger charge is 2.31. The van der Waals surface area contributed by atoms with Crippen LogP contribution in [0.2, 0.25) is 0 Å². The molecular formula is C24H33N3O6S2. The lowest BCUT2D eigenvalue weighted by Gasteiger charge is -2.30. The Kier molecular flexibility index (Phi) is 9.28. The maximum atomic E-state index is 13.3. The van der Waals surface area contributed by atoms with Crippen molar-refractivity contribution < 1.29 is 26.4 Å². The molecule has 3 rings (SSSR count). The SMILES string of the molecule is CCOc1ccc(S(=O)(=O)NCCC(=O)Nc2ccccc2S(=O)(=O)N(C)C2CCCCC2)cc1. The number of hydrogen-bond acceptors (Lipinski definition) is 6. The lowest BCUT2D eigenvalue weighted by Crippen LogP contribution is -2.38. The molecule has 1 saturated carbocycles. The molecule has 0 unspecified atom stereocenters. The fraction of sp³-hybridized carbons (Fsp3) is 0.458. The largest absolute Gasteiger partial charge is 0.494 e. The van der Waals surface area contributed by atoms with Crippen LogP contribution in [0.5, 0.6) is 5.75 Å². The molecule has 2 aromatic carbocycles. The number of carbonyl (C=O) groups excluding carboxylic acids is 1. The number of nitrogens with zero attached hydrogens (tertiary/aromatic N) is 1. The predicted octanol–water partition coefficient (Wildman–Crippen LogP) is 3.35. The molecule has 0 aromatic heterocycles. The summed E-state index contributed by atoms with van der Waals surface area (Å²) in [5.41, 5.74) is 0.175. The smallest absolute Gasteiger partial charge is 0.245 e. The van der Waals surface area contributed by atoms with E-state index >= 15 is 0 Å². The van der Waals surface area contributed by atoms with Gasteiger partial charge in [0, 0.05) is 26.1 Å². The second kappa shape index (κ2) is 12.0. The number of sulfonamides is 2. The number of para-hydroxylation sites is 1. The van der Waals surface area contributed by atoms with Gasteiger partial charge in [0.25, 0.3) is 0 Å². The maximum Gasteiger partial charge on any atom is 0.245 e. The van der Waals surface area contributed by atoms with Gasteiger partial charge in [-0.15, -0.1) is 0 Å². The quantitative estimate of drug-likeness (QED) is 0.466. The first-order valence-electron chi connectivity index (χ1n) is 11.7. The molecule has 0 aliphatic heterocycles. The molecule has 1 amide bonds. The van der Waals surface area contributed by atoms with Gasteiger partial charge in [0.05, 0.1) is 17.2 Å². The van der Waals surface area contributed by atoms with Gasteiger partial charge in [-0.1, -0.05) is 31.4 Å². The van der Waals surface area contributed by atoms with E-state index in [1.54, 1.807) is 31.3 Å². The number of carbonyl (C=O) groups is 1. The predicted molar refractivity (Wildman–Crippen MR) is 134 cm³/mol. The van der Waals surface area contributed by atoms with Crippen LogP contribution in [0, 0.1) is 0 Å². The Morgan fingerprint density at radius 2 is 1.66 bits per heavy atom. The standard InChI is InChI=1S/C24H33N3O6S2/c1-3-33-20-13-15-21(16-14-20)34(29,30)25-18-17-24(28)26-22-11-7-8-12-23(22)35(31,32)27(2)19-9-5-4-6-10-19/h7-8,11-16,19,25H,3-6,9-10,17-18H2,1-2H3,(H,26,28). The van der Waals surface area contributed by atoms with Crippen molar-refractivity contribution in [2.45, 2.75) is 61.3 Å². The van der Waals surface area contributed by atoms with Crippen LogP contribution in [0.4, 0.5) is 5.69 Å². The number of amides is 1.